The number of hydrogen-bond donors (Lipinski definition) is 1. The highest BCUT2D eigenvalue weighted by atomic mass is 19.1. The Balaban J connectivity index is 2.62. The second-order valence-corrected chi connectivity index (χ2v) is 2.96. The van der Waals surface area contributed by atoms with Crippen LogP contribution in [0.4, 0.5) is 14.5 Å². The highest BCUT2D eigenvalue weighted by Gasteiger charge is 2.08. The Bertz CT molecular complexity index is 385. The van der Waals surface area contributed by atoms with Crippen molar-refractivity contribution >= 4 is 5.69 Å². The highest BCUT2D eigenvalue weighted by molar-refractivity contribution is 5.44. The summed E-state index contributed by atoms with van der Waals surface area (Å²) in [5, 5.41) is 0. The number of halogens is 2. The molecule has 2 nitrogen and oxygen atoms in total. The third kappa shape index (κ3) is 3.13. The van der Waals surface area contributed by atoms with E-state index in [4.69, 9.17) is 16.9 Å². The van der Waals surface area contributed by atoms with Crippen LogP contribution in [-0.2, 0) is 0 Å². The summed E-state index contributed by atoms with van der Waals surface area (Å²) in [7, 11) is 0. The van der Waals surface area contributed by atoms with E-state index in [1.807, 2.05) is 0 Å². The molecule has 2 N–H and O–H groups in total. The Morgan fingerprint density at radius 3 is 2.73 bits per heavy atom. The van der Waals surface area contributed by atoms with Crippen LogP contribution in [0.1, 0.15) is 12.8 Å². The van der Waals surface area contributed by atoms with E-state index in [9.17, 15) is 8.78 Å². The molecule has 0 aliphatic heterocycles. The van der Waals surface area contributed by atoms with Crippen molar-refractivity contribution < 1.29 is 13.5 Å². The van der Waals surface area contributed by atoms with Gasteiger partial charge in [-0.3, -0.25) is 0 Å². The van der Waals surface area contributed by atoms with Crippen molar-refractivity contribution in [2.24, 2.45) is 0 Å². The molecular weight excluding hydrogens is 200 g/mol. The van der Waals surface area contributed by atoms with Crippen LogP contribution in [0.5, 0.6) is 5.75 Å². The first kappa shape index (κ1) is 11.3. The molecule has 1 rings (SSSR count). The predicted molar refractivity (Wildman–Crippen MR) is 54.3 cm³/mol. The predicted octanol–water partition coefficient (Wildman–Crippen LogP) is 2.34. The molecular formula is C11H11F2NO. The zero-order chi connectivity index (χ0) is 11.3. The second-order valence-electron chi connectivity index (χ2n) is 2.96. The first-order valence-electron chi connectivity index (χ1n) is 4.46. The largest absolute Gasteiger partial charge is 0.490 e. The topological polar surface area (TPSA) is 35.2 Å². The summed E-state index contributed by atoms with van der Waals surface area (Å²) in [6.07, 6.45) is 6.17. The van der Waals surface area contributed by atoms with Gasteiger partial charge in [0.1, 0.15) is 5.82 Å². The van der Waals surface area contributed by atoms with Gasteiger partial charge in [0.25, 0.3) is 0 Å². The summed E-state index contributed by atoms with van der Waals surface area (Å²) < 4.78 is 31.1. The lowest BCUT2D eigenvalue weighted by Gasteiger charge is -2.07. The van der Waals surface area contributed by atoms with Crippen molar-refractivity contribution in [3.63, 3.8) is 0 Å². The Labute approximate surface area is 87.0 Å². The van der Waals surface area contributed by atoms with E-state index >= 15 is 0 Å². The molecule has 1 aromatic carbocycles. The van der Waals surface area contributed by atoms with E-state index in [0.29, 0.717) is 12.8 Å². The fraction of sp³-hybridized carbons (Fsp3) is 0.273. The lowest BCUT2D eigenvalue weighted by Crippen LogP contribution is -2.01. The van der Waals surface area contributed by atoms with E-state index in [0.717, 1.165) is 12.1 Å². The number of nitrogen functional groups attached to an aromatic ring is 1. The minimum absolute atomic E-state index is 0.140. The molecule has 0 saturated carbocycles. The Morgan fingerprint density at radius 2 is 2.07 bits per heavy atom. The van der Waals surface area contributed by atoms with E-state index in [2.05, 4.69) is 5.92 Å². The van der Waals surface area contributed by atoms with Crippen molar-refractivity contribution in [1.82, 2.24) is 0 Å². The normalized spacial score (nSPS) is 9.67. The Kier molecular flexibility index (Phi) is 3.92. The van der Waals surface area contributed by atoms with Crippen LogP contribution in [0.15, 0.2) is 12.1 Å². The molecule has 0 radical (unpaired) electrons. The van der Waals surface area contributed by atoms with Crippen molar-refractivity contribution in [2.75, 3.05) is 12.3 Å². The van der Waals surface area contributed by atoms with Gasteiger partial charge >= 0.3 is 0 Å². The van der Waals surface area contributed by atoms with Gasteiger partial charge in [-0.25, -0.2) is 8.78 Å². The van der Waals surface area contributed by atoms with Gasteiger partial charge in [-0.1, -0.05) is 0 Å². The van der Waals surface area contributed by atoms with Gasteiger partial charge in [0.05, 0.1) is 12.3 Å². The summed E-state index contributed by atoms with van der Waals surface area (Å²) in [5.41, 5.74) is 4.94. The van der Waals surface area contributed by atoms with Gasteiger partial charge in [-0.05, 0) is 6.42 Å². The fourth-order valence-electron chi connectivity index (χ4n) is 1.01. The molecule has 0 aromatic heterocycles. The lowest BCUT2D eigenvalue weighted by molar-refractivity contribution is 0.295. The maximum Gasteiger partial charge on any atom is 0.167 e. The van der Waals surface area contributed by atoms with Crippen molar-refractivity contribution in [1.29, 1.82) is 0 Å². The zero-order valence-corrected chi connectivity index (χ0v) is 8.09. The Morgan fingerprint density at radius 1 is 1.33 bits per heavy atom. The van der Waals surface area contributed by atoms with Crippen LogP contribution in [-0.4, -0.2) is 6.61 Å². The van der Waals surface area contributed by atoms with Gasteiger partial charge in [-0.15, -0.1) is 12.3 Å². The van der Waals surface area contributed by atoms with Crippen LogP contribution in [0, 0.1) is 24.0 Å². The number of anilines is 1. The van der Waals surface area contributed by atoms with Gasteiger partial charge < -0.3 is 10.5 Å². The number of unbranched alkanes of at least 4 members (excludes halogenated alkanes) is 1. The van der Waals surface area contributed by atoms with Crippen LogP contribution in [0.25, 0.3) is 0 Å². The summed E-state index contributed by atoms with van der Waals surface area (Å²) >= 11 is 0. The smallest absolute Gasteiger partial charge is 0.167 e. The monoisotopic (exact) mass is 211 g/mol. The summed E-state index contributed by atoms with van der Waals surface area (Å²) in [4.78, 5) is 0. The van der Waals surface area contributed by atoms with Crippen molar-refractivity contribution in [3.8, 4) is 18.1 Å². The fourth-order valence-corrected chi connectivity index (χ4v) is 1.01. The quantitative estimate of drug-likeness (QED) is 0.471. The zero-order valence-electron chi connectivity index (χ0n) is 8.09. The minimum atomic E-state index is -0.691. The molecule has 1 aromatic rings. The van der Waals surface area contributed by atoms with Gasteiger partial charge in [0, 0.05) is 18.6 Å². The van der Waals surface area contributed by atoms with Crippen LogP contribution in [0.3, 0.4) is 0 Å². The number of terminal acetylenes is 1. The maximum atomic E-state index is 13.1. The van der Waals surface area contributed by atoms with E-state index in [1.165, 1.54) is 0 Å². The molecule has 0 atom stereocenters. The van der Waals surface area contributed by atoms with E-state index in [1.54, 1.807) is 0 Å². The summed E-state index contributed by atoms with van der Waals surface area (Å²) in [5.74, 6) is 0.918. The SMILES string of the molecule is C#CCCCOc1cc(F)c(N)cc1F. The number of rotatable bonds is 4. The molecule has 0 amide bonds. The van der Waals surface area contributed by atoms with Gasteiger partial charge in [-0.2, -0.15) is 0 Å². The number of hydrogen-bond acceptors (Lipinski definition) is 2. The lowest BCUT2D eigenvalue weighted by atomic mass is 10.3. The standard InChI is InChI=1S/C11H11F2NO/c1-2-3-4-5-15-11-7-8(12)10(14)6-9(11)13/h1,6-7H,3-5,14H2. The molecule has 0 heterocycles. The molecule has 0 saturated heterocycles. The average Bonchev–Trinajstić information content (AvgIpc) is 2.20. The first-order valence-corrected chi connectivity index (χ1v) is 4.46. The van der Waals surface area contributed by atoms with Crippen LogP contribution < -0.4 is 10.5 Å². The highest BCUT2D eigenvalue weighted by Crippen LogP contribution is 2.22. The summed E-state index contributed by atoms with van der Waals surface area (Å²) in [6, 6.07) is 1.83. The molecule has 0 aliphatic rings. The summed E-state index contributed by atoms with van der Waals surface area (Å²) in [6.45, 7) is 0.254. The minimum Gasteiger partial charge on any atom is -0.490 e. The van der Waals surface area contributed by atoms with Crippen LogP contribution in [0.2, 0.25) is 0 Å². The third-order valence-corrected chi connectivity index (χ3v) is 1.77. The average molecular weight is 211 g/mol. The molecule has 80 valence electrons. The van der Waals surface area contributed by atoms with Crippen LogP contribution >= 0.6 is 0 Å². The molecule has 15 heavy (non-hydrogen) atoms. The maximum absolute atomic E-state index is 13.1. The molecule has 0 unspecified atom stereocenters. The molecule has 0 fully saturated rings. The van der Waals surface area contributed by atoms with E-state index < -0.39 is 11.6 Å². The van der Waals surface area contributed by atoms with Gasteiger partial charge in [0.2, 0.25) is 0 Å². The Hall–Kier alpha value is -1.76. The molecule has 4 heteroatoms. The number of benzene rings is 1. The van der Waals surface area contributed by atoms with Crippen molar-refractivity contribution in [3.05, 3.63) is 23.8 Å². The first-order chi connectivity index (χ1) is 7.15. The van der Waals surface area contributed by atoms with Crippen molar-refractivity contribution in [2.45, 2.75) is 12.8 Å². The van der Waals surface area contributed by atoms with E-state index in [-0.39, 0.29) is 18.0 Å². The third-order valence-electron chi connectivity index (χ3n) is 1.77. The molecule has 0 aliphatic carbocycles. The number of ether oxygens (including phenoxy) is 1. The molecule has 0 bridgehead atoms. The second kappa shape index (κ2) is 5.20. The molecule has 0 spiro atoms. The van der Waals surface area contributed by atoms with Gasteiger partial charge in [0.15, 0.2) is 11.6 Å². The number of nitrogens with two attached hydrogens (primary N) is 1.